The predicted molar refractivity (Wildman–Crippen MR) is 86.6 cm³/mol. The van der Waals surface area contributed by atoms with Gasteiger partial charge in [-0.15, -0.1) is 10.2 Å². The average molecular weight is 345 g/mol. The SMILES string of the molecule is Cc1ccc(-c2nnn(CC(=O)NC3(CC(=O)O)CCOC3)n2)cc1. The number of hydrogen-bond acceptors (Lipinski definition) is 6. The molecule has 132 valence electrons. The van der Waals surface area contributed by atoms with E-state index in [2.05, 4.69) is 20.7 Å². The highest BCUT2D eigenvalue weighted by molar-refractivity contribution is 5.78. The third-order valence-corrected chi connectivity index (χ3v) is 4.05. The summed E-state index contributed by atoms with van der Waals surface area (Å²) in [6.07, 6.45) is 0.280. The molecule has 0 bridgehead atoms. The standard InChI is InChI=1S/C16H19N5O4/c1-11-2-4-12(5-3-11)15-18-20-21(19-15)9-13(22)17-16(8-14(23)24)6-7-25-10-16/h2-5H,6-10H2,1H3,(H,17,22)(H,23,24). The Morgan fingerprint density at radius 2 is 2.12 bits per heavy atom. The predicted octanol–water partition coefficient (Wildman–Crippen LogP) is 0.399. The van der Waals surface area contributed by atoms with Gasteiger partial charge in [0.2, 0.25) is 11.7 Å². The van der Waals surface area contributed by atoms with Crippen molar-refractivity contribution in [3.8, 4) is 11.4 Å². The molecule has 2 aromatic rings. The summed E-state index contributed by atoms with van der Waals surface area (Å²) in [5.41, 5.74) is 1.06. The van der Waals surface area contributed by atoms with Crippen molar-refractivity contribution in [2.75, 3.05) is 13.2 Å². The van der Waals surface area contributed by atoms with Gasteiger partial charge in [0.25, 0.3) is 0 Å². The average Bonchev–Trinajstić information content (AvgIpc) is 3.17. The van der Waals surface area contributed by atoms with Crippen LogP contribution in [-0.4, -0.2) is 55.9 Å². The van der Waals surface area contributed by atoms with E-state index >= 15 is 0 Å². The van der Waals surface area contributed by atoms with Gasteiger partial charge in [0.15, 0.2) is 0 Å². The highest BCUT2D eigenvalue weighted by Gasteiger charge is 2.38. The number of carbonyl (C=O) groups is 2. The van der Waals surface area contributed by atoms with Crippen molar-refractivity contribution in [2.24, 2.45) is 0 Å². The topological polar surface area (TPSA) is 119 Å². The number of carbonyl (C=O) groups excluding carboxylic acids is 1. The molecule has 1 unspecified atom stereocenters. The quantitative estimate of drug-likeness (QED) is 0.777. The van der Waals surface area contributed by atoms with Crippen LogP contribution in [0.3, 0.4) is 0 Å². The van der Waals surface area contributed by atoms with Crippen LogP contribution in [0.2, 0.25) is 0 Å². The molecule has 1 aromatic carbocycles. The maximum Gasteiger partial charge on any atom is 0.305 e. The van der Waals surface area contributed by atoms with Gasteiger partial charge < -0.3 is 15.2 Å². The molecule has 9 nitrogen and oxygen atoms in total. The summed E-state index contributed by atoms with van der Waals surface area (Å²) in [7, 11) is 0. The summed E-state index contributed by atoms with van der Waals surface area (Å²) in [4.78, 5) is 24.5. The fourth-order valence-electron chi connectivity index (χ4n) is 2.77. The molecule has 1 aromatic heterocycles. The minimum absolute atomic E-state index is 0.139. The third kappa shape index (κ3) is 4.18. The number of nitrogens with zero attached hydrogens (tertiary/aromatic N) is 4. The molecule has 9 heteroatoms. The number of amides is 1. The van der Waals surface area contributed by atoms with Crippen LogP contribution < -0.4 is 5.32 Å². The molecule has 2 heterocycles. The van der Waals surface area contributed by atoms with Gasteiger partial charge in [0.05, 0.1) is 18.6 Å². The van der Waals surface area contributed by atoms with Gasteiger partial charge in [0.1, 0.15) is 6.54 Å². The van der Waals surface area contributed by atoms with Gasteiger partial charge in [-0.2, -0.15) is 4.80 Å². The highest BCUT2D eigenvalue weighted by atomic mass is 16.5. The second-order valence-corrected chi connectivity index (χ2v) is 6.21. The summed E-state index contributed by atoms with van der Waals surface area (Å²) >= 11 is 0. The third-order valence-electron chi connectivity index (χ3n) is 4.05. The van der Waals surface area contributed by atoms with Crippen LogP contribution in [0.15, 0.2) is 24.3 Å². The number of nitrogens with one attached hydrogen (secondary N) is 1. The maximum absolute atomic E-state index is 12.3. The zero-order valence-corrected chi connectivity index (χ0v) is 13.8. The largest absolute Gasteiger partial charge is 0.481 e. The van der Waals surface area contributed by atoms with Crippen molar-refractivity contribution in [3.63, 3.8) is 0 Å². The van der Waals surface area contributed by atoms with Gasteiger partial charge in [0, 0.05) is 12.2 Å². The van der Waals surface area contributed by atoms with Crippen molar-refractivity contribution >= 4 is 11.9 Å². The van der Waals surface area contributed by atoms with Crippen LogP contribution in [0.1, 0.15) is 18.4 Å². The number of benzene rings is 1. The second-order valence-electron chi connectivity index (χ2n) is 6.21. The summed E-state index contributed by atoms with van der Waals surface area (Å²) in [5.74, 6) is -0.928. The summed E-state index contributed by atoms with van der Waals surface area (Å²) in [6.45, 7) is 2.45. The van der Waals surface area contributed by atoms with E-state index in [-0.39, 0.29) is 25.5 Å². The van der Waals surface area contributed by atoms with E-state index in [1.807, 2.05) is 31.2 Å². The van der Waals surface area contributed by atoms with E-state index in [1.54, 1.807) is 0 Å². The van der Waals surface area contributed by atoms with Crippen molar-refractivity contribution in [3.05, 3.63) is 29.8 Å². The lowest BCUT2D eigenvalue weighted by Gasteiger charge is -2.26. The fourth-order valence-corrected chi connectivity index (χ4v) is 2.77. The molecule has 1 aliphatic rings. The number of aryl methyl sites for hydroxylation is 1. The Bertz CT molecular complexity index is 765. The smallest absolute Gasteiger partial charge is 0.305 e. The van der Waals surface area contributed by atoms with Gasteiger partial charge in [-0.05, 0) is 18.6 Å². The lowest BCUT2D eigenvalue weighted by molar-refractivity contribution is -0.139. The molecule has 0 aliphatic carbocycles. The van der Waals surface area contributed by atoms with Crippen LogP contribution in [0.25, 0.3) is 11.4 Å². The van der Waals surface area contributed by atoms with Crippen molar-refractivity contribution in [1.29, 1.82) is 0 Å². The lowest BCUT2D eigenvalue weighted by atomic mass is 9.94. The van der Waals surface area contributed by atoms with Crippen molar-refractivity contribution < 1.29 is 19.4 Å². The molecule has 3 rings (SSSR count). The van der Waals surface area contributed by atoms with Crippen molar-refractivity contribution in [2.45, 2.75) is 31.8 Å². The summed E-state index contributed by atoms with van der Waals surface area (Å²) < 4.78 is 5.26. The van der Waals surface area contributed by atoms with Crippen LogP contribution >= 0.6 is 0 Å². The Morgan fingerprint density at radius 3 is 2.76 bits per heavy atom. The number of aromatic nitrogens is 4. The Balaban J connectivity index is 1.65. The molecule has 1 saturated heterocycles. The molecule has 1 amide bonds. The van der Waals surface area contributed by atoms with Gasteiger partial charge in [-0.25, -0.2) is 0 Å². The van der Waals surface area contributed by atoms with Gasteiger partial charge in [-0.3, -0.25) is 9.59 Å². The Labute approximate surface area is 144 Å². The van der Waals surface area contributed by atoms with E-state index in [4.69, 9.17) is 9.84 Å². The fraction of sp³-hybridized carbons (Fsp3) is 0.438. The van der Waals surface area contributed by atoms with Crippen LogP contribution in [0, 0.1) is 6.92 Å². The second kappa shape index (κ2) is 6.98. The molecular weight excluding hydrogens is 326 g/mol. The first-order valence-corrected chi connectivity index (χ1v) is 7.91. The molecule has 0 radical (unpaired) electrons. The van der Waals surface area contributed by atoms with Crippen LogP contribution in [-0.2, 0) is 20.9 Å². The summed E-state index contributed by atoms with van der Waals surface area (Å²) in [5, 5.41) is 23.8. The zero-order chi connectivity index (χ0) is 17.9. The number of carboxylic acids is 1. The molecule has 1 aliphatic heterocycles. The van der Waals surface area contributed by atoms with E-state index in [1.165, 1.54) is 4.80 Å². The molecule has 0 saturated carbocycles. The monoisotopic (exact) mass is 345 g/mol. The number of aliphatic carboxylic acids is 1. The first-order chi connectivity index (χ1) is 12.0. The Kier molecular flexibility index (Phi) is 4.75. The molecular formula is C16H19N5O4. The number of tetrazole rings is 1. The van der Waals surface area contributed by atoms with E-state index in [0.29, 0.717) is 18.9 Å². The minimum Gasteiger partial charge on any atom is -0.481 e. The first-order valence-electron chi connectivity index (χ1n) is 7.91. The molecule has 1 atom stereocenters. The highest BCUT2D eigenvalue weighted by Crippen LogP contribution is 2.22. The normalized spacial score (nSPS) is 19.7. The van der Waals surface area contributed by atoms with E-state index < -0.39 is 11.5 Å². The van der Waals surface area contributed by atoms with Gasteiger partial charge in [-0.1, -0.05) is 29.8 Å². The molecule has 0 spiro atoms. The van der Waals surface area contributed by atoms with Crippen LogP contribution in [0.4, 0.5) is 0 Å². The van der Waals surface area contributed by atoms with Crippen molar-refractivity contribution in [1.82, 2.24) is 25.5 Å². The minimum atomic E-state index is -0.980. The number of ether oxygens (including phenoxy) is 1. The van der Waals surface area contributed by atoms with E-state index in [9.17, 15) is 9.59 Å². The number of carboxylic acid groups (broad SMARTS) is 1. The first kappa shape index (κ1) is 17.0. The molecule has 1 fully saturated rings. The Morgan fingerprint density at radius 1 is 1.36 bits per heavy atom. The summed E-state index contributed by atoms with van der Waals surface area (Å²) in [6, 6.07) is 7.65. The lowest BCUT2D eigenvalue weighted by Crippen LogP contribution is -2.51. The zero-order valence-electron chi connectivity index (χ0n) is 13.8. The molecule has 25 heavy (non-hydrogen) atoms. The Hall–Kier alpha value is -2.81. The maximum atomic E-state index is 12.3. The van der Waals surface area contributed by atoms with Gasteiger partial charge >= 0.3 is 5.97 Å². The number of hydrogen-bond donors (Lipinski definition) is 2. The molecule has 2 N–H and O–H groups in total. The van der Waals surface area contributed by atoms with Crippen LogP contribution in [0.5, 0.6) is 0 Å². The van der Waals surface area contributed by atoms with E-state index in [0.717, 1.165) is 11.1 Å². The number of rotatable bonds is 6.